The first-order chi connectivity index (χ1) is 11.4. The maximum atomic E-state index is 12.9. The number of thiophene rings is 1. The largest absolute Gasteiger partial charge is 0.343 e. The Morgan fingerprint density at radius 2 is 2.08 bits per heavy atom. The molecular weight excluding hydrogens is 330 g/mol. The van der Waals surface area contributed by atoms with E-state index in [0.29, 0.717) is 16.1 Å². The first kappa shape index (κ1) is 15.1. The van der Waals surface area contributed by atoms with Crippen molar-refractivity contribution in [2.45, 2.75) is 32.9 Å². The molecular formula is C15H17N5O3S. The molecule has 0 aliphatic heterocycles. The number of aryl methyl sites for hydroxylation is 2. The van der Waals surface area contributed by atoms with Crippen molar-refractivity contribution in [2.75, 3.05) is 0 Å². The molecule has 0 amide bonds. The average molecular weight is 347 g/mol. The lowest BCUT2D eigenvalue weighted by Gasteiger charge is -2.07. The molecule has 0 spiro atoms. The zero-order valence-electron chi connectivity index (χ0n) is 13.6. The summed E-state index contributed by atoms with van der Waals surface area (Å²) < 4.78 is 4.23. The standard InChI is InChI=1S/C15H17N5O3S/c1-7-4-9(7)20-12(21)11-8(2)10(5-19-14(22)16-6-17-19)24-13(11)18(3)15(20)23/h6-7,9H,4-5H2,1-3H3,(H,16,17,22)/t7-,9-/m0/s1. The van der Waals surface area contributed by atoms with Gasteiger partial charge in [-0.1, -0.05) is 6.92 Å². The zero-order valence-corrected chi connectivity index (χ0v) is 14.4. The molecule has 0 unspecified atom stereocenters. The van der Waals surface area contributed by atoms with E-state index in [1.807, 2.05) is 13.8 Å². The molecule has 3 heterocycles. The van der Waals surface area contributed by atoms with Crippen LogP contribution in [-0.4, -0.2) is 23.9 Å². The predicted octanol–water partition coefficient (Wildman–Crippen LogP) is 0.584. The van der Waals surface area contributed by atoms with Crippen molar-refractivity contribution >= 4 is 21.6 Å². The highest BCUT2D eigenvalue weighted by Gasteiger charge is 2.37. The molecule has 0 bridgehead atoms. The second-order valence-electron chi connectivity index (χ2n) is 6.38. The molecule has 0 aromatic carbocycles. The molecule has 1 aliphatic rings. The number of hydrogen-bond donors (Lipinski definition) is 1. The number of aromatic amines is 1. The van der Waals surface area contributed by atoms with Crippen molar-refractivity contribution < 1.29 is 0 Å². The topological polar surface area (TPSA) is 94.7 Å². The Morgan fingerprint density at radius 1 is 1.38 bits per heavy atom. The van der Waals surface area contributed by atoms with Crippen LogP contribution in [0.25, 0.3) is 10.2 Å². The molecule has 3 aromatic heterocycles. The Labute approximate surface area is 140 Å². The van der Waals surface area contributed by atoms with Crippen LogP contribution in [0.2, 0.25) is 0 Å². The van der Waals surface area contributed by atoms with Gasteiger partial charge in [0.2, 0.25) is 0 Å². The molecule has 0 radical (unpaired) electrons. The van der Waals surface area contributed by atoms with Gasteiger partial charge in [0.15, 0.2) is 0 Å². The molecule has 24 heavy (non-hydrogen) atoms. The van der Waals surface area contributed by atoms with Crippen LogP contribution in [0.1, 0.15) is 29.8 Å². The molecule has 1 fully saturated rings. The average Bonchev–Trinajstić information content (AvgIpc) is 2.95. The minimum absolute atomic E-state index is 0.00249. The van der Waals surface area contributed by atoms with Gasteiger partial charge in [0, 0.05) is 18.0 Å². The van der Waals surface area contributed by atoms with Crippen LogP contribution in [0.3, 0.4) is 0 Å². The second kappa shape index (κ2) is 5.04. The Hall–Kier alpha value is -2.42. The van der Waals surface area contributed by atoms with Crippen LogP contribution in [0.5, 0.6) is 0 Å². The van der Waals surface area contributed by atoms with Crippen LogP contribution >= 0.6 is 11.3 Å². The van der Waals surface area contributed by atoms with Gasteiger partial charge in [0.1, 0.15) is 11.2 Å². The maximum Gasteiger partial charge on any atom is 0.343 e. The van der Waals surface area contributed by atoms with E-state index >= 15 is 0 Å². The summed E-state index contributed by atoms with van der Waals surface area (Å²) >= 11 is 1.36. The van der Waals surface area contributed by atoms with E-state index in [-0.39, 0.29) is 29.5 Å². The number of fused-ring (bicyclic) bond motifs is 1. The summed E-state index contributed by atoms with van der Waals surface area (Å²) in [6.45, 7) is 4.18. The van der Waals surface area contributed by atoms with Crippen LogP contribution in [0, 0.1) is 12.8 Å². The highest BCUT2D eigenvalue weighted by Crippen LogP contribution is 2.41. The predicted molar refractivity (Wildman–Crippen MR) is 90.8 cm³/mol. The Kier molecular flexibility index (Phi) is 3.17. The molecule has 4 rings (SSSR count). The quantitative estimate of drug-likeness (QED) is 0.750. The van der Waals surface area contributed by atoms with Gasteiger partial charge in [0.25, 0.3) is 5.56 Å². The van der Waals surface area contributed by atoms with Gasteiger partial charge in [-0.25, -0.2) is 14.3 Å². The molecule has 2 atom stereocenters. The van der Waals surface area contributed by atoms with Crippen molar-refractivity contribution in [3.05, 3.63) is 48.1 Å². The van der Waals surface area contributed by atoms with E-state index < -0.39 is 0 Å². The highest BCUT2D eigenvalue weighted by molar-refractivity contribution is 7.18. The summed E-state index contributed by atoms with van der Waals surface area (Å²) in [6.07, 6.45) is 2.20. The number of hydrogen-bond acceptors (Lipinski definition) is 5. The van der Waals surface area contributed by atoms with Crippen LogP contribution < -0.4 is 16.9 Å². The van der Waals surface area contributed by atoms with E-state index in [0.717, 1.165) is 16.9 Å². The minimum atomic E-state index is -0.301. The Morgan fingerprint density at radius 3 is 2.67 bits per heavy atom. The van der Waals surface area contributed by atoms with E-state index in [2.05, 4.69) is 10.1 Å². The lowest BCUT2D eigenvalue weighted by Crippen LogP contribution is -2.38. The summed E-state index contributed by atoms with van der Waals surface area (Å²) in [5, 5.41) is 4.52. The molecule has 1 N–H and O–H groups in total. The van der Waals surface area contributed by atoms with E-state index in [9.17, 15) is 14.4 Å². The van der Waals surface area contributed by atoms with E-state index in [4.69, 9.17) is 0 Å². The van der Waals surface area contributed by atoms with Crippen molar-refractivity contribution in [1.82, 2.24) is 23.9 Å². The molecule has 0 saturated heterocycles. The fourth-order valence-electron chi connectivity index (χ4n) is 3.12. The van der Waals surface area contributed by atoms with E-state index in [1.165, 1.54) is 31.5 Å². The normalized spacial score (nSPS) is 20.0. The molecule has 3 aromatic rings. The zero-order chi connectivity index (χ0) is 17.2. The SMILES string of the molecule is Cc1c(Cn2nc[nH]c2=O)sc2c1c(=O)n([C@H]1C[C@@H]1C)c(=O)n2C. The fraction of sp³-hybridized carbons (Fsp3) is 0.467. The highest BCUT2D eigenvalue weighted by atomic mass is 32.1. The second-order valence-corrected chi connectivity index (χ2v) is 7.46. The number of nitrogens with one attached hydrogen (secondary N) is 1. The van der Waals surface area contributed by atoms with Gasteiger partial charge in [0.05, 0.1) is 11.9 Å². The number of rotatable bonds is 3. The van der Waals surface area contributed by atoms with Gasteiger partial charge in [-0.3, -0.25) is 18.9 Å². The van der Waals surface area contributed by atoms with Crippen LogP contribution in [-0.2, 0) is 13.6 Å². The minimum Gasteiger partial charge on any atom is -0.295 e. The van der Waals surface area contributed by atoms with Gasteiger partial charge >= 0.3 is 11.4 Å². The summed E-state index contributed by atoms with van der Waals surface area (Å²) in [5.74, 6) is 0.355. The summed E-state index contributed by atoms with van der Waals surface area (Å²) in [7, 11) is 1.69. The van der Waals surface area contributed by atoms with Gasteiger partial charge in [-0.05, 0) is 24.8 Å². The molecule has 1 saturated carbocycles. The Bertz CT molecular complexity index is 1130. The first-order valence-electron chi connectivity index (χ1n) is 7.74. The van der Waals surface area contributed by atoms with Crippen molar-refractivity contribution in [1.29, 1.82) is 0 Å². The van der Waals surface area contributed by atoms with E-state index in [1.54, 1.807) is 7.05 Å². The fourth-order valence-corrected chi connectivity index (χ4v) is 4.36. The summed E-state index contributed by atoms with van der Waals surface area (Å²) in [6, 6.07) is -0.00249. The number of H-pyrrole nitrogens is 1. The Balaban J connectivity index is 1.96. The lowest BCUT2D eigenvalue weighted by atomic mass is 10.2. The molecule has 8 nitrogen and oxygen atoms in total. The first-order valence-corrected chi connectivity index (χ1v) is 8.55. The third kappa shape index (κ3) is 2.04. The maximum absolute atomic E-state index is 12.9. The van der Waals surface area contributed by atoms with Crippen molar-refractivity contribution in [3.63, 3.8) is 0 Å². The van der Waals surface area contributed by atoms with Crippen molar-refractivity contribution in [3.8, 4) is 0 Å². The van der Waals surface area contributed by atoms with Crippen LogP contribution in [0.15, 0.2) is 20.7 Å². The lowest BCUT2D eigenvalue weighted by molar-refractivity contribution is 0.597. The number of nitrogens with zero attached hydrogens (tertiary/aromatic N) is 4. The van der Waals surface area contributed by atoms with Gasteiger partial charge in [-0.2, -0.15) is 5.10 Å². The number of aromatic nitrogens is 5. The molecule has 9 heteroatoms. The monoisotopic (exact) mass is 347 g/mol. The molecule has 1 aliphatic carbocycles. The van der Waals surface area contributed by atoms with Gasteiger partial charge in [-0.15, -0.1) is 11.3 Å². The molecule has 126 valence electrons. The smallest absolute Gasteiger partial charge is 0.295 e. The third-order valence-corrected chi connectivity index (χ3v) is 6.12. The van der Waals surface area contributed by atoms with Crippen molar-refractivity contribution in [2.24, 2.45) is 13.0 Å². The van der Waals surface area contributed by atoms with Gasteiger partial charge < -0.3 is 0 Å². The third-order valence-electron chi connectivity index (χ3n) is 4.77. The summed E-state index contributed by atoms with van der Waals surface area (Å²) in [4.78, 5) is 41.1. The summed E-state index contributed by atoms with van der Waals surface area (Å²) in [5.41, 5.74) is 0.0147. The van der Waals surface area contributed by atoms with Crippen LogP contribution in [0.4, 0.5) is 0 Å².